The van der Waals surface area contributed by atoms with Crippen LogP contribution in [0.1, 0.15) is 26.7 Å². The predicted molar refractivity (Wildman–Crippen MR) is 128 cm³/mol. The molecule has 1 aromatic carbocycles. The summed E-state index contributed by atoms with van der Waals surface area (Å²) in [7, 11) is 0. The fraction of sp³-hybridized carbons (Fsp3) is 0.667. The minimum atomic E-state index is -1.49. The van der Waals surface area contributed by atoms with Crippen molar-refractivity contribution in [3.05, 3.63) is 24.3 Å². The van der Waals surface area contributed by atoms with Crippen LogP contribution in [0.2, 0.25) is 0 Å². The molecule has 3 fully saturated rings. The van der Waals surface area contributed by atoms with Crippen LogP contribution >= 0.6 is 12.4 Å². The number of hydrogen-bond acceptors (Lipinski definition) is 7. The maximum absolute atomic E-state index is 13.9. The fourth-order valence-corrected chi connectivity index (χ4v) is 5.18. The Morgan fingerprint density at radius 1 is 1.03 bits per heavy atom. The van der Waals surface area contributed by atoms with E-state index in [-0.39, 0.29) is 37.9 Å². The van der Waals surface area contributed by atoms with Gasteiger partial charge in [0, 0.05) is 32.7 Å². The van der Waals surface area contributed by atoms with Crippen LogP contribution in [0.4, 0.5) is 10.1 Å². The average molecular weight is 500 g/mol. The number of fused-ring (bicyclic) bond motifs is 1. The van der Waals surface area contributed by atoms with Gasteiger partial charge < -0.3 is 19.8 Å². The van der Waals surface area contributed by atoms with Crippen molar-refractivity contribution in [2.45, 2.75) is 51.2 Å². The molecule has 1 aromatic rings. The number of benzene rings is 1. The third-order valence-corrected chi connectivity index (χ3v) is 6.85. The molecule has 0 aromatic heterocycles. The van der Waals surface area contributed by atoms with Gasteiger partial charge in [0.1, 0.15) is 11.9 Å². The first-order valence-corrected chi connectivity index (χ1v) is 11.8. The molecule has 5 atom stereocenters. The van der Waals surface area contributed by atoms with Crippen molar-refractivity contribution in [3.63, 3.8) is 0 Å². The van der Waals surface area contributed by atoms with E-state index in [9.17, 15) is 24.2 Å². The van der Waals surface area contributed by atoms with Crippen LogP contribution < -0.4 is 9.64 Å². The number of nitrogens with zero attached hydrogens (tertiary/aromatic N) is 3. The van der Waals surface area contributed by atoms with Gasteiger partial charge in [-0.25, -0.2) is 4.39 Å². The fourth-order valence-electron chi connectivity index (χ4n) is 5.18. The van der Waals surface area contributed by atoms with E-state index in [0.717, 1.165) is 42.5 Å². The van der Waals surface area contributed by atoms with Crippen LogP contribution in [0, 0.1) is 11.8 Å². The summed E-state index contributed by atoms with van der Waals surface area (Å²) in [4.78, 5) is 30.8. The molecule has 4 rings (SSSR count). The van der Waals surface area contributed by atoms with Gasteiger partial charge >= 0.3 is 0 Å². The first kappa shape index (κ1) is 26.7. The molecule has 10 heteroatoms. The average Bonchev–Trinajstić information content (AvgIpc) is 2.99. The van der Waals surface area contributed by atoms with Crippen LogP contribution in [0.15, 0.2) is 24.3 Å². The van der Waals surface area contributed by atoms with Gasteiger partial charge in [0.2, 0.25) is 11.8 Å². The van der Waals surface area contributed by atoms with Crippen molar-refractivity contribution in [2.75, 3.05) is 44.2 Å². The van der Waals surface area contributed by atoms with Gasteiger partial charge in [-0.3, -0.25) is 19.4 Å². The van der Waals surface area contributed by atoms with Crippen molar-refractivity contribution < 1.29 is 28.9 Å². The highest BCUT2D eigenvalue weighted by Gasteiger charge is 2.52. The number of carbonyl (C=O) groups is 2. The molecule has 1 aliphatic carbocycles. The van der Waals surface area contributed by atoms with E-state index in [2.05, 4.69) is 9.80 Å². The number of anilines is 1. The van der Waals surface area contributed by atoms with Crippen LogP contribution in [-0.2, 0) is 9.59 Å². The number of carbonyl (C=O) groups excluding carboxylic acids is 2. The van der Waals surface area contributed by atoms with E-state index in [1.807, 2.05) is 38.1 Å². The Balaban J connectivity index is 0.00000324. The second-order valence-corrected chi connectivity index (χ2v) is 9.63. The van der Waals surface area contributed by atoms with Crippen LogP contribution in [0.5, 0.6) is 5.75 Å². The second kappa shape index (κ2) is 11.2. The number of rotatable bonds is 7. The van der Waals surface area contributed by atoms with Crippen LogP contribution in [0.3, 0.4) is 0 Å². The van der Waals surface area contributed by atoms with E-state index in [1.165, 1.54) is 0 Å². The van der Waals surface area contributed by atoms with E-state index in [4.69, 9.17) is 4.74 Å². The minimum absolute atomic E-state index is 0. The number of aliphatic hydroxyl groups is 2. The molecular weight excluding hydrogens is 465 g/mol. The molecule has 2 saturated heterocycles. The molecule has 2 N–H and O–H groups in total. The van der Waals surface area contributed by atoms with Gasteiger partial charge in [-0.15, -0.1) is 12.4 Å². The lowest BCUT2D eigenvalue weighted by atomic mass is 9.78. The Morgan fingerprint density at radius 3 is 2.29 bits per heavy atom. The molecule has 2 heterocycles. The topological polar surface area (TPSA) is 93.6 Å². The highest BCUT2D eigenvalue weighted by molar-refractivity contribution is 6.05. The summed E-state index contributed by atoms with van der Waals surface area (Å²) < 4.78 is 19.8. The smallest absolute Gasteiger partial charge is 0.233 e. The van der Waals surface area contributed by atoms with E-state index >= 15 is 0 Å². The van der Waals surface area contributed by atoms with Gasteiger partial charge in [-0.05, 0) is 38.8 Å². The Hall–Kier alpha value is -1.94. The normalized spacial score (nSPS) is 28.6. The number of imide groups is 1. The lowest BCUT2D eigenvalue weighted by molar-refractivity contribution is -0.141. The molecule has 2 amide bonds. The van der Waals surface area contributed by atoms with Crippen molar-refractivity contribution in [2.24, 2.45) is 11.8 Å². The number of piperazine rings is 1. The second-order valence-electron chi connectivity index (χ2n) is 9.63. The molecule has 190 valence electrons. The molecular formula is C24H35ClFN3O5. The Bertz CT molecular complexity index is 839. The number of amides is 2. The third kappa shape index (κ3) is 5.64. The van der Waals surface area contributed by atoms with Gasteiger partial charge in [0.25, 0.3) is 0 Å². The van der Waals surface area contributed by atoms with Crippen molar-refractivity contribution in [1.82, 2.24) is 9.80 Å². The summed E-state index contributed by atoms with van der Waals surface area (Å²) in [5, 5.41) is 20.4. The highest BCUT2D eigenvalue weighted by atomic mass is 35.5. The molecule has 1 saturated carbocycles. The summed E-state index contributed by atoms with van der Waals surface area (Å²) in [6.07, 6.45) is -3.66. The number of para-hydroxylation sites is 2. The number of alkyl halides is 1. The quantitative estimate of drug-likeness (QED) is 0.549. The Labute approximate surface area is 206 Å². The molecule has 0 radical (unpaired) electrons. The number of β-amino-alcohol motifs (C(OH)–C–C–N with tert-alkyl or cyclic N) is 1. The zero-order valence-electron chi connectivity index (χ0n) is 19.7. The summed E-state index contributed by atoms with van der Waals surface area (Å²) in [5.74, 6) is -1.37. The molecule has 0 bridgehead atoms. The monoisotopic (exact) mass is 499 g/mol. The van der Waals surface area contributed by atoms with Crippen molar-refractivity contribution in [3.8, 4) is 5.75 Å². The molecule has 8 nitrogen and oxygen atoms in total. The first-order chi connectivity index (χ1) is 15.7. The van der Waals surface area contributed by atoms with Gasteiger partial charge in [0.05, 0.1) is 42.4 Å². The Kier molecular flexibility index (Phi) is 8.78. The number of ether oxygens (including phenoxy) is 1. The molecule has 2 aliphatic heterocycles. The van der Waals surface area contributed by atoms with Crippen LogP contribution in [-0.4, -0.2) is 95.6 Å². The largest absolute Gasteiger partial charge is 0.489 e. The van der Waals surface area contributed by atoms with Crippen LogP contribution in [0.25, 0.3) is 0 Å². The van der Waals surface area contributed by atoms with Gasteiger partial charge in [0.15, 0.2) is 0 Å². The maximum Gasteiger partial charge on any atom is 0.233 e. The van der Waals surface area contributed by atoms with Gasteiger partial charge in [-0.1, -0.05) is 12.1 Å². The summed E-state index contributed by atoms with van der Waals surface area (Å²) in [6.45, 7) is 7.25. The van der Waals surface area contributed by atoms with E-state index in [1.54, 1.807) is 0 Å². The van der Waals surface area contributed by atoms with Gasteiger partial charge in [-0.2, -0.15) is 0 Å². The maximum atomic E-state index is 13.9. The number of likely N-dealkylation sites (tertiary alicyclic amines) is 1. The summed E-state index contributed by atoms with van der Waals surface area (Å²) in [6, 6.07) is 7.96. The lowest BCUT2D eigenvalue weighted by Crippen LogP contribution is -2.50. The highest BCUT2D eigenvalue weighted by Crippen LogP contribution is 2.39. The summed E-state index contributed by atoms with van der Waals surface area (Å²) in [5.41, 5.74) is 1.05. The van der Waals surface area contributed by atoms with Crippen molar-refractivity contribution in [1.29, 1.82) is 0 Å². The zero-order valence-corrected chi connectivity index (χ0v) is 20.5. The third-order valence-electron chi connectivity index (χ3n) is 6.85. The van der Waals surface area contributed by atoms with E-state index in [0.29, 0.717) is 6.54 Å². The minimum Gasteiger partial charge on any atom is -0.489 e. The molecule has 5 unspecified atom stereocenters. The standard InChI is InChI=1S/C24H34FN3O5.ClH/c1-15(2)33-22-6-4-3-5-20(22)27-9-7-26(8-10-27)13-16(29)14-28-23(31)17-11-19(25)21(30)12-18(17)24(28)32;/h3-6,15-19,21,29-30H,7-14H2,1-2H3;1H. The molecule has 3 aliphatic rings. The molecule has 34 heavy (non-hydrogen) atoms. The molecule has 0 spiro atoms. The number of hydrogen-bond donors (Lipinski definition) is 2. The number of aliphatic hydroxyl groups excluding tert-OH is 2. The van der Waals surface area contributed by atoms with E-state index < -0.39 is 42.0 Å². The Morgan fingerprint density at radius 2 is 1.65 bits per heavy atom. The number of halogens is 2. The predicted octanol–water partition coefficient (Wildman–Crippen LogP) is 1.47. The SMILES string of the molecule is CC(C)Oc1ccccc1N1CCN(CC(O)CN2C(=O)C3CC(O)C(F)CC3C2=O)CC1.Cl. The zero-order chi connectivity index (χ0) is 23.7. The van der Waals surface area contributed by atoms with Crippen molar-refractivity contribution >= 4 is 29.9 Å². The lowest BCUT2D eigenvalue weighted by Gasteiger charge is -2.37. The first-order valence-electron chi connectivity index (χ1n) is 11.8. The summed E-state index contributed by atoms with van der Waals surface area (Å²) >= 11 is 0.